The third kappa shape index (κ3) is 2.18. The Morgan fingerprint density at radius 2 is 1.76 bits per heavy atom. The lowest BCUT2D eigenvalue weighted by Crippen LogP contribution is -2.18. The van der Waals surface area contributed by atoms with E-state index in [4.69, 9.17) is 4.74 Å². The van der Waals surface area contributed by atoms with Crippen molar-refractivity contribution < 1.29 is 14.3 Å². The number of allylic oxidation sites excluding steroid dienone is 3. The number of carbonyl (C=O) groups excluding carboxylic acids is 2. The lowest BCUT2D eigenvalue weighted by molar-refractivity contribution is -0.130. The van der Waals surface area contributed by atoms with E-state index in [0.29, 0.717) is 23.5 Å². The van der Waals surface area contributed by atoms with Gasteiger partial charge in [0.15, 0.2) is 0 Å². The van der Waals surface area contributed by atoms with Crippen LogP contribution < -0.4 is 0 Å². The summed E-state index contributed by atoms with van der Waals surface area (Å²) in [5, 5.41) is 0. The van der Waals surface area contributed by atoms with E-state index in [0.717, 1.165) is 0 Å². The molecule has 0 N–H and O–H groups in total. The molecule has 0 aliphatic heterocycles. The fraction of sp³-hybridized carbons (Fsp3) is 0.143. The Kier molecular flexibility index (Phi) is 3.19. The Labute approximate surface area is 99.4 Å². The van der Waals surface area contributed by atoms with Crippen LogP contribution in [0.25, 0.3) is 5.57 Å². The van der Waals surface area contributed by atoms with Crippen LogP contribution in [0.1, 0.15) is 12.5 Å². The summed E-state index contributed by atoms with van der Waals surface area (Å²) in [7, 11) is 0. The standard InChI is InChI=1S/C14H12O3/c1-2-17-12-9-8-11(15)14(16)13(12)10-6-4-3-5-7-10/h3-9H,2H2,1H3. The fourth-order valence-electron chi connectivity index (χ4n) is 1.70. The highest BCUT2D eigenvalue weighted by Crippen LogP contribution is 2.25. The number of carbonyl (C=O) groups is 2. The molecule has 1 aromatic carbocycles. The summed E-state index contributed by atoms with van der Waals surface area (Å²) in [6.07, 6.45) is 2.80. The predicted molar refractivity (Wildman–Crippen MR) is 64.1 cm³/mol. The summed E-state index contributed by atoms with van der Waals surface area (Å²) in [5.41, 5.74) is 1.05. The van der Waals surface area contributed by atoms with Gasteiger partial charge in [-0.25, -0.2) is 0 Å². The summed E-state index contributed by atoms with van der Waals surface area (Å²) in [6, 6.07) is 9.08. The number of ether oxygens (including phenoxy) is 1. The van der Waals surface area contributed by atoms with E-state index in [2.05, 4.69) is 0 Å². The average molecular weight is 228 g/mol. The van der Waals surface area contributed by atoms with E-state index in [1.54, 1.807) is 18.2 Å². The molecule has 0 fully saturated rings. The minimum absolute atomic E-state index is 0.347. The number of rotatable bonds is 3. The van der Waals surface area contributed by atoms with Crippen molar-refractivity contribution in [3.63, 3.8) is 0 Å². The van der Waals surface area contributed by atoms with Gasteiger partial charge in [-0.15, -0.1) is 0 Å². The van der Waals surface area contributed by atoms with E-state index in [-0.39, 0.29) is 0 Å². The van der Waals surface area contributed by atoms with Gasteiger partial charge in [-0.1, -0.05) is 30.3 Å². The smallest absolute Gasteiger partial charge is 0.237 e. The molecule has 0 bridgehead atoms. The van der Waals surface area contributed by atoms with Crippen LogP contribution in [0.3, 0.4) is 0 Å². The average Bonchev–Trinajstić information content (AvgIpc) is 2.36. The van der Waals surface area contributed by atoms with Crippen molar-refractivity contribution in [1.29, 1.82) is 0 Å². The zero-order valence-corrected chi connectivity index (χ0v) is 9.47. The zero-order chi connectivity index (χ0) is 12.3. The van der Waals surface area contributed by atoms with Crippen LogP contribution in [0.4, 0.5) is 0 Å². The quantitative estimate of drug-likeness (QED) is 0.588. The van der Waals surface area contributed by atoms with Crippen LogP contribution in [-0.2, 0) is 14.3 Å². The normalized spacial score (nSPS) is 15.4. The largest absolute Gasteiger partial charge is 0.493 e. The van der Waals surface area contributed by atoms with Crippen LogP contribution in [0.2, 0.25) is 0 Å². The van der Waals surface area contributed by atoms with Crippen molar-refractivity contribution in [2.75, 3.05) is 6.61 Å². The van der Waals surface area contributed by atoms with Gasteiger partial charge in [0.2, 0.25) is 11.6 Å². The molecule has 1 aliphatic carbocycles. The number of Topliss-reactive ketones (excluding diaryl/α,β-unsaturated/α-hetero) is 1. The van der Waals surface area contributed by atoms with Crippen LogP contribution in [0.5, 0.6) is 0 Å². The fourth-order valence-corrected chi connectivity index (χ4v) is 1.70. The topological polar surface area (TPSA) is 43.4 Å². The third-order valence-electron chi connectivity index (χ3n) is 2.45. The molecule has 0 atom stereocenters. The second-order valence-electron chi connectivity index (χ2n) is 3.56. The molecule has 3 heteroatoms. The molecule has 0 aromatic heterocycles. The summed E-state index contributed by atoms with van der Waals surface area (Å²) < 4.78 is 5.39. The van der Waals surface area contributed by atoms with E-state index >= 15 is 0 Å². The highest BCUT2D eigenvalue weighted by molar-refractivity contribution is 6.58. The minimum atomic E-state index is -0.512. The van der Waals surface area contributed by atoms with E-state index in [1.165, 1.54) is 6.08 Å². The maximum absolute atomic E-state index is 11.9. The molecule has 3 nitrogen and oxygen atoms in total. The van der Waals surface area contributed by atoms with Crippen molar-refractivity contribution >= 4 is 17.1 Å². The van der Waals surface area contributed by atoms with Gasteiger partial charge >= 0.3 is 0 Å². The maximum Gasteiger partial charge on any atom is 0.237 e. The Morgan fingerprint density at radius 3 is 2.41 bits per heavy atom. The van der Waals surface area contributed by atoms with Crippen LogP contribution in [0.15, 0.2) is 48.2 Å². The first-order valence-corrected chi connectivity index (χ1v) is 5.43. The first-order chi connectivity index (χ1) is 8.24. The zero-order valence-electron chi connectivity index (χ0n) is 9.47. The molecule has 2 rings (SSSR count). The van der Waals surface area contributed by atoms with Crippen molar-refractivity contribution in [2.45, 2.75) is 6.92 Å². The lowest BCUT2D eigenvalue weighted by Gasteiger charge is -2.14. The van der Waals surface area contributed by atoms with E-state index in [1.807, 2.05) is 25.1 Å². The van der Waals surface area contributed by atoms with Gasteiger partial charge in [-0.2, -0.15) is 0 Å². The number of ketones is 2. The molecule has 0 unspecified atom stereocenters. The summed E-state index contributed by atoms with van der Waals surface area (Å²) in [6.45, 7) is 2.29. The van der Waals surface area contributed by atoms with Crippen molar-refractivity contribution in [3.05, 3.63) is 53.8 Å². The van der Waals surface area contributed by atoms with E-state index in [9.17, 15) is 9.59 Å². The van der Waals surface area contributed by atoms with Crippen LogP contribution in [-0.4, -0.2) is 18.2 Å². The molecule has 17 heavy (non-hydrogen) atoms. The second-order valence-corrected chi connectivity index (χ2v) is 3.56. The number of benzene rings is 1. The predicted octanol–water partition coefficient (Wildman–Crippen LogP) is 2.14. The van der Waals surface area contributed by atoms with Gasteiger partial charge < -0.3 is 4.74 Å². The molecule has 0 radical (unpaired) electrons. The molecule has 0 saturated heterocycles. The molecule has 0 spiro atoms. The highest BCUT2D eigenvalue weighted by atomic mass is 16.5. The van der Waals surface area contributed by atoms with Gasteiger partial charge in [0.25, 0.3) is 0 Å². The SMILES string of the molecule is CCOC1=C(c2ccccc2)C(=O)C(=O)C=C1. The van der Waals surface area contributed by atoms with Crippen LogP contribution in [0, 0.1) is 0 Å². The maximum atomic E-state index is 11.9. The van der Waals surface area contributed by atoms with E-state index < -0.39 is 11.6 Å². The van der Waals surface area contributed by atoms with Gasteiger partial charge in [0.05, 0.1) is 12.2 Å². The molecular formula is C14H12O3. The highest BCUT2D eigenvalue weighted by Gasteiger charge is 2.25. The lowest BCUT2D eigenvalue weighted by atomic mass is 9.94. The number of hydrogen-bond acceptors (Lipinski definition) is 3. The molecule has 1 aromatic rings. The third-order valence-corrected chi connectivity index (χ3v) is 2.45. The van der Waals surface area contributed by atoms with Gasteiger partial charge in [0.1, 0.15) is 5.76 Å². The molecule has 86 valence electrons. The Morgan fingerprint density at radius 1 is 1.06 bits per heavy atom. The number of hydrogen-bond donors (Lipinski definition) is 0. The molecular weight excluding hydrogens is 216 g/mol. The monoisotopic (exact) mass is 228 g/mol. The van der Waals surface area contributed by atoms with Crippen molar-refractivity contribution in [2.24, 2.45) is 0 Å². The molecule has 0 saturated carbocycles. The van der Waals surface area contributed by atoms with Crippen molar-refractivity contribution in [1.82, 2.24) is 0 Å². The summed E-state index contributed by atoms with van der Waals surface area (Å²) in [5.74, 6) is -0.558. The first kappa shape index (κ1) is 11.3. The molecule has 0 amide bonds. The molecule has 1 aliphatic rings. The minimum Gasteiger partial charge on any atom is -0.493 e. The Balaban J connectivity index is 2.54. The summed E-state index contributed by atoms with van der Waals surface area (Å²) in [4.78, 5) is 23.3. The van der Waals surface area contributed by atoms with Crippen LogP contribution >= 0.6 is 0 Å². The van der Waals surface area contributed by atoms with Gasteiger partial charge in [0, 0.05) is 0 Å². The first-order valence-electron chi connectivity index (χ1n) is 5.43. The molecule has 0 heterocycles. The van der Waals surface area contributed by atoms with Gasteiger partial charge in [-0.05, 0) is 24.6 Å². The Hall–Kier alpha value is -2.16. The summed E-state index contributed by atoms with van der Waals surface area (Å²) >= 11 is 0. The van der Waals surface area contributed by atoms with Crippen molar-refractivity contribution in [3.8, 4) is 0 Å². The van der Waals surface area contributed by atoms with Gasteiger partial charge in [-0.3, -0.25) is 9.59 Å². The Bertz CT molecular complexity index is 510. The second kappa shape index (κ2) is 4.78.